The minimum absolute atomic E-state index is 0.0230. The molecule has 4 nitrogen and oxygen atoms in total. The van der Waals surface area contributed by atoms with E-state index < -0.39 is 0 Å². The topological polar surface area (TPSA) is 62.2 Å². The number of nitrogens with one attached hydrogen (secondary N) is 1. The molecule has 1 aromatic rings. The summed E-state index contributed by atoms with van der Waals surface area (Å²) in [5.74, 6) is 0.131. The van der Waals surface area contributed by atoms with Crippen LogP contribution in [0.5, 0.6) is 0 Å². The number of aliphatic hydroxyl groups excluding tert-OH is 1. The van der Waals surface area contributed by atoms with Gasteiger partial charge >= 0.3 is 0 Å². The van der Waals surface area contributed by atoms with Crippen LogP contribution in [0.3, 0.4) is 0 Å². The monoisotopic (exact) mass is 282 g/mol. The Morgan fingerprint density at radius 2 is 2.26 bits per heavy atom. The molecule has 0 bridgehead atoms. The lowest BCUT2D eigenvalue weighted by molar-refractivity contribution is 0.0920. The molecule has 0 spiro atoms. The summed E-state index contributed by atoms with van der Waals surface area (Å²) in [6.07, 6.45) is 4.29. The molecule has 0 aromatic carbocycles. The van der Waals surface area contributed by atoms with Crippen molar-refractivity contribution in [3.05, 3.63) is 16.1 Å². The highest BCUT2D eigenvalue weighted by Crippen LogP contribution is 2.27. The molecule has 1 heterocycles. The van der Waals surface area contributed by atoms with E-state index in [2.05, 4.69) is 31.1 Å². The first-order valence-corrected chi connectivity index (χ1v) is 7.62. The average Bonchev–Trinajstić information content (AvgIpc) is 2.93. The van der Waals surface area contributed by atoms with E-state index in [9.17, 15) is 9.90 Å². The lowest BCUT2D eigenvalue weighted by Gasteiger charge is -2.14. The van der Waals surface area contributed by atoms with Gasteiger partial charge in [-0.2, -0.15) is 0 Å². The van der Waals surface area contributed by atoms with Gasteiger partial charge in [-0.15, -0.1) is 11.3 Å². The van der Waals surface area contributed by atoms with Crippen molar-refractivity contribution in [2.75, 3.05) is 6.54 Å². The van der Waals surface area contributed by atoms with Gasteiger partial charge in [-0.1, -0.05) is 27.2 Å². The van der Waals surface area contributed by atoms with Gasteiger partial charge in [-0.3, -0.25) is 4.79 Å². The van der Waals surface area contributed by atoms with Crippen LogP contribution >= 0.6 is 11.3 Å². The van der Waals surface area contributed by atoms with Gasteiger partial charge in [-0.05, 0) is 12.8 Å². The van der Waals surface area contributed by atoms with Crippen molar-refractivity contribution in [3.8, 4) is 0 Å². The quantitative estimate of drug-likeness (QED) is 0.894. The summed E-state index contributed by atoms with van der Waals surface area (Å²) in [5.41, 5.74) is -0.0230. The summed E-state index contributed by atoms with van der Waals surface area (Å²) < 4.78 is 0. The van der Waals surface area contributed by atoms with E-state index in [-0.39, 0.29) is 23.3 Å². The fraction of sp³-hybridized carbons (Fsp3) is 0.714. The van der Waals surface area contributed by atoms with Crippen LogP contribution in [0.25, 0.3) is 0 Å². The Kier molecular flexibility index (Phi) is 4.26. The van der Waals surface area contributed by atoms with Crippen LogP contribution < -0.4 is 5.32 Å². The molecule has 0 aliphatic heterocycles. The van der Waals surface area contributed by atoms with Crippen molar-refractivity contribution in [1.82, 2.24) is 10.3 Å². The molecule has 1 amide bonds. The Bertz CT molecular complexity index is 451. The third-order valence-corrected chi connectivity index (χ3v) is 4.94. The number of aliphatic hydroxyl groups is 1. The summed E-state index contributed by atoms with van der Waals surface area (Å²) in [6.45, 7) is 6.82. The highest BCUT2D eigenvalue weighted by molar-refractivity contribution is 7.13. The fourth-order valence-electron chi connectivity index (χ4n) is 2.29. The number of amides is 1. The second-order valence-electron chi connectivity index (χ2n) is 6.25. The van der Waals surface area contributed by atoms with Crippen molar-refractivity contribution in [1.29, 1.82) is 0 Å². The molecular formula is C14H22N2O2S. The highest BCUT2D eigenvalue weighted by Gasteiger charge is 2.26. The van der Waals surface area contributed by atoms with E-state index in [1.54, 1.807) is 6.20 Å². The molecule has 2 rings (SSSR count). The highest BCUT2D eigenvalue weighted by atomic mass is 32.1. The van der Waals surface area contributed by atoms with E-state index in [4.69, 9.17) is 0 Å². The molecule has 2 atom stereocenters. The Labute approximate surface area is 118 Å². The summed E-state index contributed by atoms with van der Waals surface area (Å²) >= 11 is 1.45. The van der Waals surface area contributed by atoms with Crippen LogP contribution in [0.2, 0.25) is 0 Å². The van der Waals surface area contributed by atoms with Gasteiger partial charge in [0.15, 0.2) is 0 Å². The summed E-state index contributed by atoms with van der Waals surface area (Å²) in [7, 11) is 0. The fourth-order valence-corrected chi connectivity index (χ4v) is 3.18. The molecular weight excluding hydrogens is 260 g/mol. The molecule has 5 heteroatoms. The number of hydrogen-bond donors (Lipinski definition) is 2. The minimum Gasteiger partial charge on any atom is -0.393 e. The maximum Gasteiger partial charge on any atom is 0.263 e. The normalized spacial score (nSPS) is 23.6. The zero-order valence-electron chi connectivity index (χ0n) is 11.8. The van der Waals surface area contributed by atoms with Crippen LogP contribution in [0.15, 0.2) is 6.20 Å². The molecule has 0 radical (unpaired) electrons. The summed E-state index contributed by atoms with van der Waals surface area (Å²) in [6, 6.07) is 0. The second kappa shape index (κ2) is 5.59. The Balaban J connectivity index is 1.91. The van der Waals surface area contributed by atoms with Gasteiger partial charge in [0.05, 0.1) is 17.3 Å². The van der Waals surface area contributed by atoms with E-state index in [1.807, 2.05) is 0 Å². The number of nitrogens with zero attached hydrogens (tertiary/aromatic N) is 1. The van der Waals surface area contributed by atoms with Gasteiger partial charge in [0.2, 0.25) is 0 Å². The molecule has 1 aliphatic carbocycles. The molecule has 106 valence electrons. The van der Waals surface area contributed by atoms with Crippen molar-refractivity contribution in [3.63, 3.8) is 0 Å². The van der Waals surface area contributed by atoms with Crippen LogP contribution in [-0.2, 0) is 5.41 Å². The standard InChI is InChI=1S/C14H22N2O2S/c1-14(2,3)13-16-8-11(19-13)12(18)15-7-9-5-4-6-10(9)17/h8-10,17H,4-7H2,1-3H3,(H,15,18). The lowest BCUT2D eigenvalue weighted by atomic mass is 9.98. The van der Waals surface area contributed by atoms with E-state index in [0.717, 1.165) is 24.3 Å². The van der Waals surface area contributed by atoms with Crippen molar-refractivity contribution < 1.29 is 9.90 Å². The molecule has 1 aliphatic rings. The van der Waals surface area contributed by atoms with Crippen LogP contribution in [-0.4, -0.2) is 28.6 Å². The molecule has 1 aromatic heterocycles. The molecule has 1 saturated carbocycles. The molecule has 2 unspecified atom stereocenters. The maximum atomic E-state index is 12.0. The Hall–Kier alpha value is -0.940. The molecule has 0 saturated heterocycles. The SMILES string of the molecule is CC(C)(C)c1ncc(C(=O)NCC2CCCC2O)s1. The second-order valence-corrected chi connectivity index (χ2v) is 7.28. The minimum atomic E-state index is -0.258. The maximum absolute atomic E-state index is 12.0. The summed E-state index contributed by atoms with van der Waals surface area (Å²) in [4.78, 5) is 17.0. The lowest BCUT2D eigenvalue weighted by Crippen LogP contribution is -2.32. The number of rotatable bonds is 3. The molecule has 19 heavy (non-hydrogen) atoms. The van der Waals surface area contributed by atoms with Gasteiger partial charge in [0, 0.05) is 17.9 Å². The van der Waals surface area contributed by atoms with Crippen molar-refractivity contribution in [2.45, 2.75) is 51.6 Å². The molecule has 2 N–H and O–H groups in total. The predicted molar refractivity (Wildman–Crippen MR) is 76.5 cm³/mol. The van der Waals surface area contributed by atoms with Crippen LogP contribution in [0, 0.1) is 5.92 Å². The number of aromatic nitrogens is 1. The Morgan fingerprint density at radius 3 is 2.79 bits per heavy atom. The molecule has 1 fully saturated rings. The summed E-state index contributed by atoms with van der Waals surface area (Å²) in [5, 5.41) is 13.6. The average molecular weight is 282 g/mol. The first kappa shape index (κ1) is 14.5. The van der Waals surface area contributed by atoms with Crippen LogP contribution in [0.1, 0.15) is 54.7 Å². The number of carbonyl (C=O) groups is 1. The third kappa shape index (κ3) is 3.54. The number of thiazole rings is 1. The predicted octanol–water partition coefficient (Wildman–Crippen LogP) is 2.33. The number of carbonyl (C=O) groups excluding carboxylic acids is 1. The van der Waals surface area contributed by atoms with E-state index in [1.165, 1.54) is 11.3 Å². The Morgan fingerprint density at radius 1 is 1.53 bits per heavy atom. The van der Waals surface area contributed by atoms with Crippen LogP contribution in [0.4, 0.5) is 0 Å². The third-order valence-electron chi connectivity index (χ3n) is 3.51. The van der Waals surface area contributed by atoms with Gasteiger partial charge in [0.25, 0.3) is 5.91 Å². The van der Waals surface area contributed by atoms with E-state index in [0.29, 0.717) is 11.4 Å². The number of hydrogen-bond acceptors (Lipinski definition) is 4. The smallest absolute Gasteiger partial charge is 0.263 e. The van der Waals surface area contributed by atoms with Gasteiger partial charge in [0.1, 0.15) is 4.88 Å². The first-order chi connectivity index (χ1) is 8.88. The van der Waals surface area contributed by atoms with Gasteiger partial charge in [-0.25, -0.2) is 4.98 Å². The zero-order valence-corrected chi connectivity index (χ0v) is 12.6. The zero-order chi connectivity index (χ0) is 14.0. The van der Waals surface area contributed by atoms with Crippen molar-refractivity contribution >= 4 is 17.2 Å². The first-order valence-electron chi connectivity index (χ1n) is 6.80. The van der Waals surface area contributed by atoms with E-state index >= 15 is 0 Å². The largest absolute Gasteiger partial charge is 0.393 e. The van der Waals surface area contributed by atoms with Crippen molar-refractivity contribution in [2.24, 2.45) is 5.92 Å². The van der Waals surface area contributed by atoms with Gasteiger partial charge < -0.3 is 10.4 Å².